The van der Waals surface area contributed by atoms with Crippen LogP contribution >= 0.6 is 0 Å². The molecule has 0 unspecified atom stereocenters. The van der Waals surface area contributed by atoms with Gasteiger partial charge in [-0.3, -0.25) is 0 Å². The molecule has 0 N–H and O–H groups in total. The summed E-state index contributed by atoms with van der Waals surface area (Å²) >= 11 is -0.350. The SMILES string of the molecule is C=C(C)[CH2][Al]([CH2]C)[CH2]C. The van der Waals surface area contributed by atoms with Crippen molar-refractivity contribution in [3.63, 3.8) is 0 Å². The molecule has 0 fully saturated rings. The molecule has 0 aliphatic heterocycles. The van der Waals surface area contributed by atoms with Gasteiger partial charge in [-0.2, -0.15) is 0 Å². The molecule has 0 atom stereocenters. The van der Waals surface area contributed by atoms with Crippen molar-refractivity contribution < 1.29 is 0 Å². The maximum absolute atomic E-state index is 3.93. The molecule has 0 saturated heterocycles. The van der Waals surface area contributed by atoms with Crippen LogP contribution in [0.4, 0.5) is 0 Å². The summed E-state index contributed by atoms with van der Waals surface area (Å²) in [5.74, 6) is 0. The molecule has 0 amide bonds. The first-order valence-electron chi connectivity index (χ1n) is 3.85. The van der Waals surface area contributed by atoms with Crippen LogP contribution in [0, 0.1) is 0 Å². The molecular weight excluding hydrogens is 123 g/mol. The van der Waals surface area contributed by atoms with Gasteiger partial charge in [0.05, 0.1) is 0 Å². The first-order valence-corrected chi connectivity index (χ1v) is 6.30. The Hall–Kier alpha value is 0.272. The second-order valence-electron chi connectivity index (χ2n) is 2.84. The highest BCUT2D eigenvalue weighted by Crippen LogP contribution is 2.09. The van der Waals surface area contributed by atoms with Crippen molar-refractivity contribution in [1.29, 1.82) is 0 Å². The molecule has 9 heavy (non-hydrogen) atoms. The fraction of sp³-hybridized carbons (Fsp3) is 0.750. The van der Waals surface area contributed by atoms with E-state index < -0.39 is 0 Å². The Kier molecular flexibility index (Phi) is 5.24. The molecule has 0 heterocycles. The van der Waals surface area contributed by atoms with Crippen LogP contribution in [0.1, 0.15) is 20.8 Å². The van der Waals surface area contributed by atoms with Crippen molar-refractivity contribution in [2.75, 3.05) is 0 Å². The summed E-state index contributed by atoms with van der Waals surface area (Å²) in [5, 5.41) is 4.22. The summed E-state index contributed by atoms with van der Waals surface area (Å²) in [4.78, 5) is 0. The average molecular weight is 140 g/mol. The summed E-state index contributed by atoms with van der Waals surface area (Å²) in [6.07, 6.45) is 0. The van der Waals surface area contributed by atoms with Crippen LogP contribution in [-0.2, 0) is 0 Å². The Balaban J connectivity index is 3.43. The van der Waals surface area contributed by atoms with Crippen LogP contribution in [0.5, 0.6) is 0 Å². The third kappa shape index (κ3) is 4.76. The fourth-order valence-electron chi connectivity index (χ4n) is 1.07. The van der Waals surface area contributed by atoms with Crippen molar-refractivity contribution in [3.8, 4) is 0 Å². The van der Waals surface area contributed by atoms with E-state index in [-0.39, 0.29) is 14.1 Å². The molecule has 1 heteroatoms. The van der Waals surface area contributed by atoms with E-state index in [9.17, 15) is 0 Å². The van der Waals surface area contributed by atoms with E-state index in [4.69, 9.17) is 0 Å². The number of hydrogen-bond acceptors (Lipinski definition) is 0. The van der Waals surface area contributed by atoms with Crippen LogP contribution < -0.4 is 0 Å². The Labute approximate surface area is 63.4 Å². The van der Waals surface area contributed by atoms with Crippen molar-refractivity contribution in [2.45, 2.75) is 36.6 Å². The molecule has 0 spiro atoms. The van der Waals surface area contributed by atoms with Gasteiger partial charge in [-0.25, -0.2) is 0 Å². The monoisotopic (exact) mass is 140 g/mol. The van der Waals surface area contributed by atoms with Crippen LogP contribution in [0.2, 0.25) is 15.8 Å². The number of hydrogen-bond donors (Lipinski definition) is 0. The quantitative estimate of drug-likeness (QED) is 0.416. The zero-order chi connectivity index (χ0) is 7.28. The Morgan fingerprint density at radius 1 is 1.33 bits per heavy atom. The number of allylic oxidation sites excluding steroid dienone is 1. The van der Waals surface area contributed by atoms with E-state index in [2.05, 4.69) is 27.4 Å². The van der Waals surface area contributed by atoms with E-state index in [0.717, 1.165) is 0 Å². The van der Waals surface area contributed by atoms with Gasteiger partial charge in [0.2, 0.25) is 0 Å². The van der Waals surface area contributed by atoms with Crippen LogP contribution in [-0.4, -0.2) is 14.1 Å². The highest BCUT2D eigenvalue weighted by Gasteiger charge is 2.10. The largest absolute Gasteiger partial charge is 0.266 e. The molecule has 52 valence electrons. The van der Waals surface area contributed by atoms with Crippen LogP contribution in [0.3, 0.4) is 0 Å². The summed E-state index contributed by atoms with van der Waals surface area (Å²) in [6, 6.07) is 0. The Morgan fingerprint density at radius 2 is 1.78 bits per heavy atom. The predicted molar refractivity (Wildman–Crippen MR) is 46.3 cm³/mol. The van der Waals surface area contributed by atoms with Crippen molar-refractivity contribution in [2.24, 2.45) is 0 Å². The zero-order valence-electron chi connectivity index (χ0n) is 6.91. The minimum absolute atomic E-state index is 0.350. The van der Waals surface area contributed by atoms with Crippen molar-refractivity contribution in [3.05, 3.63) is 12.2 Å². The first-order chi connectivity index (χ1) is 4.20. The molecule has 0 rings (SSSR count). The highest BCUT2D eigenvalue weighted by atomic mass is 27.2. The predicted octanol–water partition coefficient (Wildman–Crippen LogP) is 3.10. The maximum atomic E-state index is 3.93. The lowest BCUT2D eigenvalue weighted by Crippen LogP contribution is -2.07. The minimum atomic E-state index is -0.350. The summed E-state index contributed by atoms with van der Waals surface area (Å²) < 4.78 is 0. The van der Waals surface area contributed by atoms with Crippen LogP contribution in [0.15, 0.2) is 12.2 Å². The maximum Gasteiger partial charge on any atom is 0.266 e. The van der Waals surface area contributed by atoms with Crippen LogP contribution in [0.25, 0.3) is 0 Å². The van der Waals surface area contributed by atoms with E-state index in [0.29, 0.717) is 0 Å². The van der Waals surface area contributed by atoms with Gasteiger partial charge in [-0.05, 0) is 6.92 Å². The molecule has 0 saturated carbocycles. The lowest BCUT2D eigenvalue weighted by atomic mass is 10.4. The van der Waals surface area contributed by atoms with Gasteiger partial charge in [0, 0.05) is 0 Å². The van der Waals surface area contributed by atoms with Crippen molar-refractivity contribution in [1.82, 2.24) is 0 Å². The van der Waals surface area contributed by atoms with Gasteiger partial charge in [0.25, 0.3) is 14.1 Å². The zero-order valence-corrected chi connectivity index (χ0v) is 8.06. The van der Waals surface area contributed by atoms with Gasteiger partial charge >= 0.3 is 0 Å². The van der Waals surface area contributed by atoms with E-state index >= 15 is 0 Å². The number of rotatable bonds is 4. The van der Waals surface area contributed by atoms with Gasteiger partial charge in [0.1, 0.15) is 0 Å². The molecule has 0 aliphatic carbocycles. The Morgan fingerprint density at radius 3 is 1.89 bits per heavy atom. The van der Waals surface area contributed by atoms with Crippen molar-refractivity contribution >= 4 is 14.1 Å². The molecular formula is C8H17Al. The molecule has 0 aliphatic rings. The summed E-state index contributed by atoms with van der Waals surface area (Å²) in [6.45, 7) is 10.7. The normalized spacial score (nSPS) is 9.22. The molecule has 0 radical (unpaired) electrons. The van der Waals surface area contributed by atoms with E-state index in [1.807, 2.05) is 0 Å². The van der Waals surface area contributed by atoms with Gasteiger partial charge in [0.15, 0.2) is 0 Å². The first kappa shape index (κ1) is 9.27. The average Bonchev–Trinajstić information content (AvgIpc) is 1.82. The third-order valence-corrected chi connectivity index (χ3v) is 5.38. The van der Waals surface area contributed by atoms with Gasteiger partial charge in [-0.15, -0.1) is 6.58 Å². The molecule has 0 bridgehead atoms. The summed E-state index contributed by atoms with van der Waals surface area (Å²) in [7, 11) is 0. The third-order valence-electron chi connectivity index (χ3n) is 1.79. The van der Waals surface area contributed by atoms with Gasteiger partial charge < -0.3 is 0 Å². The molecule has 0 nitrogen and oxygen atoms in total. The Bertz CT molecular complexity index is 82.6. The second-order valence-corrected chi connectivity index (χ2v) is 6.62. The standard InChI is InChI=1S/C4H7.2C2H5.Al/c1-4(2)3;2*1-2;/h1-2H2,3H3;2*1H2,2H3;. The van der Waals surface area contributed by atoms with Gasteiger partial charge in [-0.1, -0.05) is 35.3 Å². The second kappa shape index (κ2) is 5.09. The summed E-state index contributed by atoms with van der Waals surface area (Å²) in [5.41, 5.74) is 1.38. The highest BCUT2D eigenvalue weighted by molar-refractivity contribution is 6.59. The fourth-order valence-corrected chi connectivity index (χ4v) is 3.21. The lowest BCUT2D eigenvalue weighted by molar-refractivity contribution is 1.24. The lowest BCUT2D eigenvalue weighted by Gasteiger charge is -2.03. The van der Waals surface area contributed by atoms with E-state index in [1.165, 1.54) is 21.4 Å². The molecule has 0 aromatic rings. The molecule has 0 aromatic carbocycles. The topological polar surface area (TPSA) is 0 Å². The minimum Gasteiger partial charge on any atom is -0.101 e. The smallest absolute Gasteiger partial charge is 0.101 e. The molecule has 0 aromatic heterocycles. The van der Waals surface area contributed by atoms with E-state index in [1.54, 1.807) is 0 Å².